The molecule has 0 saturated heterocycles. The number of rotatable bonds is 5. The first-order chi connectivity index (χ1) is 5.02. The Labute approximate surface area is 75.5 Å². The third-order valence-electron chi connectivity index (χ3n) is 0.813. The molecule has 1 unspecified atom stereocenters. The van der Waals surface area contributed by atoms with Crippen LogP contribution in [0, 0.1) is 0 Å². The lowest BCUT2D eigenvalue weighted by atomic mass is 10.3. The van der Waals surface area contributed by atoms with Crippen LogP contribution in [0.4, 0.5) is 0 Å². The zero-order valence-electron chi connectivity index (χ0n) is 5.91. The van der Waals surface area contributed by atoms with Gasteiger partial charge in [-0.1, -0.05) is 0 Å². The maximum absolute atomic E-state index is 8.48. The van der Waals surface area contributed by atoms with E-state index in [2.05, 4.69) is 9.31 Å². The van der Waals surface area contributed by atoms with Gasteiger partial charge >= 0.3 is 13.1 Å². The molecule has 11 heavy (non-hydrogen) atoms. The minimum Gasteiger partial charge on any atom is -0.413 e. The van der Waals surface area contributed by atoms with Crippen molar-refractivity contribution in [3.8, 4) is 0 Å². The average Bonchev–Trinajstić information content (AvgIpc) is 1.82. The van der Waals surface area contributed by atoms with Crippen molar-refractivity contribution in [1.82, 2.24) is 0 Å². The fourth-order valence-electron chi connectivity index (χ4n) is 0.446. The molecule has 2 N–H and O–H groups in total. The van der Waals surface area contributed by atoms with Gasteiger partial charge in [-0.25, -0.2) is 0 Å². The molecule has 0 saturated carbocycles. The third kappa shape index (κ3) is 8.46. The molecular formula is C3H8B2Cl2O4. The van der Waals surface area contributed by atoms with Crippen LogP contribution in [-0.4, -0.2) is 35.8 Å². The highest BCUT2D eigenvalue weighted by Gasteiger charge is 2.15. The van der Waals surface area contributed by atoms with Crippen molar-refractivity contribution in [3.63, 3.8) is 0 Å². The molecule has 0 amide bonds. The second-order valence-electron chi connectivity index (χ2n) is 1.86. The van der Waals surface area contributed by atoms with E-state index in [1.54, 1.807) is 6.92 Å². The molecule has 0 spiro atoms. The molecule has 4 nitrogen and oxygen atoms in total. The molecule has 0 radical (unpaired) electrons. The van der Waals surface area contributed by atoms with E-state index in [0.717, 1.165) is 0 Å². The number of hydrogen-bond acceptors (Lipinski definition) is 4. The molecule has 0 aromatic carbocycles. The van der Waals surface area contributed by atoms with E-state index in [1.165, 1.54) is 0 Å². The van der Waals surface area contributed by atoms with Crippen LogP contribution in [0.25, 0.3) is 0 Å². The Morgan fingerprint density at radius 1 is 1.36 bits per heavy atom. The molecule has 0 aliphatic heterocycles. The minimum absolute atomic E-state index is 0.0639. The second kappa shape index (κ2) is 6.11. The summed E-state index contributed by atoms with van der Waals surface area (Å²) >= 11 is 10.1. The summed E-state index contributed by atoms with van der Waals surface area (Å²) in [6, 6.07) is 0. The quantitative estimate of drug-likeness (QED) is 0.606. The maximum atomic E-state index is 8.48. The topological polar surface area (TPSA) is 58.9 Å². The van der Waals surface area contributed by atoms with Crippen molar-refractivity contribution in [2.75, 3.05) is 6.61 Å². The van der Waals surface area contributed by atoms with Crippen molar-refractivity contribution in [2.24, 2.45) is 0 Å². The van der Waals surface area contributed by atoms with Gasteiger partial charge in [0.05, 0.1) is 12.7 Å². The van der Waals surface area contributed by atoms with E-state index < -0.39 is 19.2 Å². The Morgan fingerprint density at radius 3 is 2.27 bits per heavy atom. The summed E-state index contributed by atoms with van der Waals surface area (Å²) in [6.07, 6.45) is -0.420. The molecule has 0 fully saturated rings. The van der Waals surface area contributed by atoms with Crippen molar-refractivity contribution in [2.45, 2.75) is 13.0 Å². The largest absolute Gasteiger partial charge is 0.569 e. The van der Waals surface area contributed by atoms with Gasteiger partial charge in [0.25, 0.3) is 0 Å². The highest BCUT2D eigenvalue weighted by Crippen LogP contribution is 1.98. The molecule has 8 heteroatoms. The summed E-state index contributed by atoms with van der Waals surface area (Å²) in [6.45, 7) is -1.03. The fraction of sp³-hybridized carbons (Fsp3) is 1.00. The lowest BCUT2D eigenvalue weighted by Gasteiger charge is -2.12. The molecule has 64 valence electrons. The predicted octanol–water partition coefficient (Wildman–Crippen LogP) is -0.160. The van der Waals surface area contributed by atoms with Crippen LogP contribution in [0.3, 0.4) is 0 Å². The molecule has 0 aliphatic carbocycles. The Kier molecular flexibility index (Phi) is 6.41. The van der Waals surface area contributed by atoms with Gasteiger partial charge in [-0.2, -0.15) is 0 Å². The van der Waals surface area contributed by atoms with E-state index in [9.17, 15) is 0 Å². The minimum atomic E-state index is -1.36. The van der Waals surface area contributed by atoms with Gasteiger partial charge in [-0.05, 0) is 6.92 Å². The summed E-state index contributed by atoms with van der Waals surface area (Å²) in [4.78, 5) is 0. The Hall–Kier alpha value is 0.550. The van der Waals surface area contributed by atoms with Crippen LogP contribution in [0.1, 0.15) is 6.92 Å². The SMILES string of the molecule is CC(COB(O)Cl)OB(O)Cl. The van der Waals surface area contributed by atoms with Crippen LogP contribution in [0.15, 0.2) is 0 Å². The van der Waals surface area contributed by atoms with E-state index in [4.69, 9.17) is 33.0 Å². The van der Waals surface area contributed by atoms with E-state index in [-0.39, 0.29) is 6.61 Å². The third-order valence-corrected chi connectivity index (χ3v) is 1.04. The monoisotopic (exact) mass is 200 g/mol. The maximum Gasteiger partial charge on any atom is 0.569 e. The molecule has 0 aliphatic rings. The molecular weight excluding hydrogens is 193 g/mol. The van der Waals surface area contributed by atoms with Gasteiger partial charge in [-0.3, -0.25) is 0 Å². The van der Waals surface area contributed by atoms with Crippen molar-refractivity contribution < 1.29 is 19.4 Å². The van der Waals surface area contributed by atoms with Crippen LogP contribution in [-0.2, 0) is 9.31 Å². The van der Waals surface area contributed by atoms with Crippen LogP contribution in [0.2, 0.25) is 0 Å². The summed E-state index contributed by atoms with van der Waals surface area (Å²) in [5.74, 6) is 0. The van der Waals surface area contributed by atoms with Crippen molar-refractivity contribution in [1.29, 1.82) is 0 Å². The van der Waals surface area contributed by atoms with Crippen LogP contribution in [0.5, 0.6) is 0 Å². The summed E-state index contributed by atoms with van der Waals surface area (Å²) in [5.41, 5.74) is 0. The van der Waals surface area contributed by atoms with Gasteiger partial charge in [0.1, 0.15) is 0 Å². The van der Waals surface area contributed by atoms with E-state index in [0.29, 0.717) is 0 Å². The highest BCUT2D eigenvalue weighted by molar-refractivity contribution is 6.99. The fourth-order valence-corrected chi connectivity index (χ4v) is 0.694. The summed E-state index contributed by atoms with van der Waals surface area (Å²) in [7, 11) is 0. The lowest BCUT2D eigenvalue weighted by Crippen LogP contribution is -2.26. The Bertz CT molecular complexity index is 103. The molecule has 0 aromatic rings. The summed E-state index contributed by atoms with van der Waals surface area (Å²) < 4.78 is 9.16. The van der Waals surface area contributed by atoms with E-state index >= 15 is 0 Å². The number of hydrogen-bond donors (Lipinski definition) is 2. The molecule has 0 aromatic heterocycles. The molecule has 1 atom stereocenters. The van der Waals surface area contributed by atoms with Crippen LogP contribution >= 0.6 is 22.9 Å². The van der Waals surface area contributed by atoms with Crippen molar-refractivity contribution in [3.05, 3.63) is 0 Å². The normalized spacial score (nSPS) is 12.8. The first kappa shape index (κ1) is 11.5. The van der Waals surface area contributed by atoms with Gasteiger partial charge in [0, 0.05) is 0 Å². The van der Waals surface area contributed by atoms with Crippen LogP contribution < -0.4 is 0 Å². The van der Waals surface area contributed by atoms with E-state index in [1.807, 2.05) is 0 Å². The molecule has 0 heterocycles. The summed E-state index contributed by atoms with van der Waals surface area (Å²) in [5, 5.41) is 16.9. The lowest BCUT2D eigenvalue weighted by molar-refractivity contribution is 0.119. The number of halogens is 2. The Morgan fingerprint density at radius 2 is 1.91 bits per heavy atom. The van der Waals surface area contributed by atoms with Gasteiger partial charge in [0.15, 0.2) is 0 Å². The van der Waals surface area contributed by atoms with Gasteiger partial charge in [0.2, 0.25) is 0 Å². The Balaban J connectivity index is 3.29. The zero-order chi connectivity index (χ0) is 8.85. The highest BCUT2D eigenvalue weighted by atomic mass is 35.5. The predicted molar refractivity (Wildman–Crippen MR) is 44.2 cm³/mol. The first-order valence-corrected chi connectivity index (χ1v) is 3.81. The second-order valence-corrected chi connectivity index (χ2v) is 2.61. The van der Waals surface area contributed by atoms with Gasteiger partial charge in [-0.15, -0.1) is 22.9 Å². The smallest absolute Gasteiger partial charge is 0.413 e. The first-order valence-electron chi connectivity index (χ1n) is 2.93. The molecule has 0 rings (SSSR count). The average molecular weight is 201 g/mol. The van der Waals surface area contributed by atoms with Crippen molar-refractivity contribution >= 4 is 36.0 Å². The molecule has 0 bridgehead atoms. The standard InChI is InChI=1S/C3H8B2Cl2O4/c1-3(11-5(7)9)2-10-4(6)8/h3,8-9H,2H2,1H3. The van der Waals surface area contributed by atoms with Gasteiger partial charge < -0.3 is 19.4 Å². The zero-order valence-corrected chi connectivity index (χ0v) is 7.42.